The molecule has 0 saturated carbocycles. The Hall–Kier alpha value is -0.890. The van der Waals surface area contributed by atoms with Crippen LogP contribution in [0, 0.1) is 11.3 Å². The summed E-state index contributed by atoms with van der Waals surface area (Å²) in [5, 5.41) is 0.0152. The van der Waals surface area contributed by atoms with E-state index in [1.165, 1.54) is 0 Å². The first-order valence-corrected chi connectivity index (χ1v) is 7.85. The molecule has 2 rings (SSSR count). The highest BCUT2D eigenvalue weighted by Crippen LogP contribution is 2.39. The van der Waals surface area contributed by atoms with E-state index in [1.807, 2.05) is 12.1 Å². The number of rotatable bonds is 3. The molecule has 0 radical (unpaired) electrons. The number of alkyl halides is 1. The van der Waals surface area contributed by atoms with Gasteiger partial charge >= 0.3 is 0 Å². The van der Waals surface area contributed by atoms with Gasteiger partial charge in [0.1, 0.15) is 0 Å². The largest absolute Gasteiger partial charge is 0.490 e. The van der Waals surface area contributed by atoms with Crippen molar-refractivity contribution in [3.8, 4) is 11.5 Å². The van der Waals surface area contributed by atoms with E-state index in [2.05, 4.69) is 33.8 Å². The summed E-state index contributed by atoms with van der Waals surface area (Å²) in [6, 6.07) is 6.07. The van der Waals surface area contributed by atoms with Crippen molar-refractivity contribution in [3.05, 3.63) is 23.8 Å². The van der Waals surface area contributed by atoms with Gasteiger partial charge in [-0.05, 0) is 35.4 Å². The van der Waals surface area contributed by atoms with Crippen LogP contribution in [-0.2, 0) is 0 Å². The van der Waals surface area contributed by atoms with Gasteiger partial charge in [0, 0.05) is 6.42 Å². The molecule has 2 atom stereocenters. The number of ether oxygens (including phenoxy) is 2. The summed E-state index contributed by atoms with van der Waals surface area (Å²) in [7, 11) is 0. The molecular weight excluding hydrogens is 272 g/mol. The number of halogens is 1. The SMILES string of the molecule is CC(CC(Cl)c1ccc2c(c1)OCCCO2)C(C)(C)C. The number of hydrogen-bond acceptors (Lipinski definition) is 2. The van der Waals surface area contributed by atoms with Crippen molar-refractivity contribution >= 4 is 11.6 Å². The Labute approximate surface area is 127 Å². The first kappa shape index (κ1) is 15.5. The second-order valence-electron chi connectivity index (χ2n) is 6.73. The summed E-state index contributed by atoms with van der Waals surface area (Å²) >= 11 is 6.59. The maximum absolute atomic E-state index is 6.59. The highest BCUT2D eigenvalue weighted by molar-refractivity contribution is 6.20. The zero-order valence-corrected chi connectivity index (χ0v) is 13.7. The molecule has 1 aliphatic rings. The smallest absolute Gasteiger partial charge is 0.161 e. The molecule has 20 heavy (non-hydrogen) atoms. The third-order valence-corrected chi connectivity index (χ3v) is 4.60. The molecule has 2 nitrogen and oxygen atoms in total. The topological polar surface area (TPSA) is 18.5 Å². The summed E-state index contributed by atoms with van der Waals surface area (Å²) in [5.41, 5.74) is 1.39. The minimum absolute atomic E-state index is 0.0152. The minimum atomic E-state index is 0.0152. The molecule has 0 aromatic heterocycles. The number of fused-ring (bicyclic) bond motifs is 1. The first-order valence-electron chi connectivity index (χ1n) is 7.41. The van der Waals surface area contributed by atoms with Crippen LogP contribution in [0.15, 0.2) is 18.2 Å². The lowest BCUT2D eigenvalue weighted by Gasteiger charge is -2.29. The van der Waals surface area contributed by atoms with E-state index in [4.69, 9.17) is 21.1 Å². The van der Waals surface area contributed by atoms with Gasteiger partial charge in [0.05, 0.1) is 18.6 Å². The van der Waals surface area contributed by atoms with Gasteiger partial charge in [-0.25, -0.2) is 0 Å². The third kappa shape index (κ3) is 3.82. The third-order valence-electron chi connectivity index (χ3n) is 4.17. The molecule has 3 heteroatoms. The van der Waals surface area contributed by atoms with Crippen LogP contribution < -0.4 is 9.47 Å². The Morgan fingerprint density at radius 3 is 2.45 bits per heavy atom. The van der Waals surface area contributed by atoms with Crippen molar-refractivity contribution < 1.29 is 9.47 Å². The van der Waals surface area contributed by atoms with Crippen molar-refractivity contribution in [2.75, 3.05) is 13.2 Å². The van der Waals surface area contributed by atoms with Crippen LogP contribution in [0.3, 0.4) is 0 Å². The molecule has 1 heterocycles. The molecular formula is C17H25ClO2. The quantitative estimate of drug-likeness (QED) is 0.714. The molecule has 0 fully saturated rings. The van der Waals surface area contributed by atoms with Gasteiger partial charge in [-0.3, -0.25) is 0 Å². The number of hydrogen-bond donors (Lipinski definition) is 0. The lowest BCUT2D eigenvalue weighted by molar-refractivity contribution is 0.245. The molecule has 112 valence electrons. The highest BCUT2D eigenvalue weighted by atomic mass is 35.5. The number of benzene rings is 1. The fraction of sp³-hybridized carbons (Fsp3) is 0.647. The lowest BCUT2D eigenvalue weighted by atomic mass is 9.79. The monoisotopic (exact) mass is 296 g/mol. The van der Waals surface area contributed by atoms with Crippen LogP contribution in [0.2, 0.25) is 0 Å². The molecule has 0 amide bonds. The molecule has 0 spiro atoms. The zero-order valence-electron chi connectivity index (χ0n) is 12.9. The summed E-state index contributed by atoms with van der Waals surface area (Å²) in [6.07, 6.45) is 1.89. The van der Waals surface area contributed by atoms with E-state index in [9.17, 15) is 0 Å². The predicted octanol–water partition coefficient (Wildman–Crippen LogP) is 5.20. The Morgan fingerprint density at radius 1 is 1.15 bits per heavy atom. The van der Waals surface area contributed by atoms with E-state index in [-0.39, 0.29) is 10.8 Å². The van der Waals surface area contributed by atoms with E-state index >= 15 is 0 Å². The van der Waals surface area contributed by atoms with Gasteiger partial charge in [-0.15, -0.1) is 11.6 Å². The van der Waals surface area contributed by atoms with Crippen LogP contribution in [0.4, 0.5) is 0 Å². The lowest BCUT2D eigenvalue weighted by Crippen LogP contribution is -2.18. The molecule has 0 bridgehead atoms. The molecule has 0 aliphatic carbocycles. The fourth-order valence-electron chi connectivity index (χ4n) is 2.17. The standard InChI is InChI=1S/C17H25ClO2/c1-12(17(2,3)4)10-14(18)13-6-7-15-16(11-13)20-9-5-8-19-15/h6-7,11-12,14H,5,8-10H2,1-4H3. The molecule has 0 saturated heterocycles. The Morgan fingerprint density at radius 2 is 1.80 bits per heavy atom. The van der Waals surface area contributed by atoms with Crippen LogP contribution in [0.1, 0.15) is 51.5 Å². The molecule has 2 unspecified atom stereocenters. The molecule has 1 aromatic carbocycles. The van der Waals surface area contributed by atoms with Crippen molar-refractivity contribution in [2.24, 2.45) is 11.3 Å². The van der Waals surface area contributed by atoms with Crippen LogP contribution in [0.5, 0.6) is 11.5 Å². The fourth-order valence-corrected chi connectivity index (χ4v) is 2.58. The van der Waals surface area contributed by atoms with Crippen molar-refractivity contribution in [1.29, 1.82) is 0 Å². The first-order chi connectivity index (χ1) is 9.38. The Kier molecular flexibility index (Phi) is 4.85. The molecule has 1 aliphatic heterocycles. The predicted molar refractivity (Wildman–Crippen MR) is 83.9 cm³/mol. The van der Waals surface area contributed by atoms with E-state index in [0.29, 0.717) is 12.5 Å². The average Bonchev–Trinajstić information content (AvgIpc) is 2.61. The zero-order chi connectivity index (χ0) is 14.8. The summed E-state index contributed by atoms with van der Waals surface area (Å²) < 4.78 is 11.4. The van der Waals surface area contributed by atoms with Crippen molar-refractivity contribution in [1.82, 2.24) is 0 Å². The van der Waals surface area contributed by atoms with Crippen LogP contribution >= 0.6 is 11.6 Å². The van der Waals surface area contributed by atoms with Crippen molar-refractivity contribution in [3.63, 3.8) is 0 Å². The van der Waals surface area contributed by atoms with Gasteiger partial charge in [0.2, 0.25) is 0 Å². The second kappa shape index (κ2) is 6.26. The highest BCUT2D eigenvalue weighted by Gasteiger charge is 2.24. The van der Waals surface area contributed by atoms with E-state index in [0.717, 1.165) is 36.5 Å². The Bertz CT molecular complexity index is 451. The molecule has 1 aromatic rings. The van der Waals surface area contributed by atoms with Gasteiger partial charge < -0.3 is 9.47 Å². The van der Waals surface area contributed by atoms with E-state index < -0.39 is 0 Å². The van der Waals surface area contributed by atoms with Gasteiger partial charge in [-0.1, -0.05) is 33.8 Å². The summed E-state index contributed by atoms with van der Waals surface area (Å²) in [6.45, 7) is 10.5. The maximum Gasteiger partial charge on any atom is 0.161 e. The average molecular weight is 297 g/mol. The second-order valence-corrected chi connectivity index (χ2v) is 7.25. The Balaban J connectivity index is 2.11. The minimum Gasteiger partial charge on any atom is -0.490 e. The summed E-state index contributed by atoms with van der Waals surface area (Å²) in [4.78, 5) is 0. The van der Waals surface area contributed by atoms with E-state index in [1.54, 1.807) is 0 Å². The van der Waals surface area contributed by atoms with Crippen LogP contribution in [0.25, 0.3) is 0 Å². The van der Waals surface area contributed by atoms with Gasteiger partial charge in [0.25, 0.3) is 0 Å². The maximum atomic E-state index is 6.59. The van der Waals surface area contributed by atoms with Gasteiger partial charge in [-0.2, -0.15) is 0 Å². The van der Waals surface area contributed by atoms with Gasteiger partial charge in [0.15, 0.2) is 11.5 Å². The van der Waals surface area contributed by atoms with Crippen molar-refractivity contribution in [2.45, 2.75) is 45.9 Å². The summed E-state index contributed by atoms with van der Waals surface area (Å²) in [5.74, 6) is 2.22. The van der Waals surface area contributed by atoms with Crippen LogP contribution in [-0.4, -0.2) is 13.2 Å². The normalized spacial score (nSPS) is 18.2. The molecule has 0 N–H and O–H groups in total.